The Labute approximate surface area is 49.1 Å². The summed E-state index contributed by atoms with van der Waals surface area (Å²) in [4.78, 5) is 15.5. The van der Waals surface area contributed by atoms with Crippen LogP contribution in [0.4, 0.5) is 0 Å². The SMILES string of the molecule is O=P(O)(O)O[O][V]. The zero-order valence-electron chi connectivity index (χ0n) is 3.01. The summed E-state index contributed by atoms with van der Waals surface area (Å²) in [6.45, 7) is 0. The van der Waals surface area contributed by atoms with Gasteiger partial charge in [0.2, 0.25) is 0 Å². The third-order valence-corrected chi connectivity index (χ3v) is 0.704. The molecule has 0 fully saturated rings. The van der Waals surface area contributed by atoms with Crippen LogP contribution < -0.4 is 0 Å². The first-order valence-electron chi connectivity index (χ1n) is 1.11. The second-order valence-electron chi connectivity index (χ2n) is 0.640. The average Bonchev–Trinajstić information content (AvgIpc) is 1.30. The van der Waals surface area contributed by atoms with Gasteiger partial charge in [0, 0.05) is 0 Å². The molecule has 0 aliphatic heterocycles. The standard InChI is InChI=1S/H3O5P.V/c1-5-6(2,3)4;/h1H,(H2,2,3,4);/q;+1/p-1. The topological polar surface area (TPSA) is 76.0 Å². The first kappa shape index (κ1) is 7.65. The average molecular weight is 164 g/mol. The quantitative estimate of drug-likeness (QED) is 0.326. The minimum absolute atomic E-state index is 1.40. The van der Waals surface area contributed by atoms with Crippen LogP contribution in [-0.4, -0.2) is 9.79 Å². The van der Waals surface area contributed by atoms with E-state index in [4.69, 9.17) is 9.79 Å². The van der Waals surface area contributed by atoms with Crippen LogP contribution in [0.25, 0.3) is 0 Å². The third-order valence-electron chi connectivity index (χ3n) is 0.130. The van der Waals surface area contributed by atoms with Gasteiger partial charge >= 0.3 is 48.4 Å². The number of phosphoric acid groups is 1. The Balaban J connectivity index is 3.36. The minimum atomic E-state index is -4.40. The summed E-state index contributed by atoms with van der Waals surface area (Å²) in [5, 5.41) is 0. The molecule has 5 nitrogen and oxygen atoms in total. The predicted molar refractivity (Wildman–Crippen MR) is 14.2 cm³/mol. The van der Waals surface area contributed by atoms with Crippen molar-refractivity contribution in [1.29, 1.82) is 0 Å². The molecule has 0 amide bonds. The van der Waals surface area contributed by atoms with Crippen molar-refractivity contribution in [3.63, 3.8) is 0 Å². The molecule has 0 heterocycles. The van der Waals surface area contributed by atoms with E-state index in [1.165, 1.54) is 17.8 Å². The second kappa shape index (κ2) is 2.84. The summed E-state index contributed by atoms with van der Waals surface area (Å²) in [6.07, 6.45) is 0. The molecule has 0 radical (unpaired) electrons. The van der Waals surface area contributed by atoms with Crippen LogP contribution >= 0.6 is 7.82 Å². The summed E-state index contributed by atoms with van der Waals surface area (Å²) < 4.78 is 16.5. The normalized spacial score (nSPS) is 11.7. The Morgan fingerprint density at radius 1 is 1.57 bits per heavy atom. The van der Waals surface area contributed by atoms with E-state index in [2.05, 4.69) is 8.49 Å². The summed E-state index contributed by atoms with van der Waals surface area (Å²) in [5.74, 6) is 0. The Bertz CT molecular complexity index is 82.1. The van der Waals surface area contributed by atoms with Gasteiger partial charge in [-0.05, 0) is 0 Å². The fourth-order valence-corrected chi connectivity index (χ4v) is 0.537. The van der Waals surface area contributed by atoms with Crippen LogP contribution in [0, 0.1) is 0 Å². The molecule has 0 aliphatic carbocycles. The van der Waals surface area contributed by atoms with Gasteiger partial charge in [0.1, 0.15) is 0 Å². The van der Waals surface area contributed by atoms with E-state index in [0.29, 0.717) is 0 Å². The molecule has 0 rings (SSSR count). The fourth-order valence-electron chi connectivity index (χ4n) is 0.0434. The van der Waals surface area contributed by atoms with E-state index in [1.807, 2.05) is 0 Å². The number of rotatable bonds is 2. The molecule has 0 aliphatic rings. The first-order chi connectivity index (χ1) is 3.06. The van der Waals surface area contributed by atoms with Crippen LogP contribution in [-0.2, 0) is 30.8 Å². The fraction of sp³-hybridized carbons (Fsp3) is 0. The summed E-state index contributed by atoms with van der Waals surface area (Å²) >= 11 is 1.40. The van der Waals surface area contributed by atoms with Crippen LogP contribution in [0.1, 0.15) is 0 Å². The predicted octanol–water partition coefficient (Wildman–Crippen LogP) is -0.511. The van der Waals surface area contributed by atoms with Crippen molar-refractivity contribution < 1.29 is 40.6 Å². The van der Waals surface area contributed by atoms with E-state index < -0.39 is 7.82 Å². The molecule has 0 saturated carbocycles. The number of hydrogen-bond acceptors (Lipinski definition) is 3. The zero-order valence-corrected chi connectivity index (χ0v) is 5.30. The molecule has 7 heteroatoms. The van der Waals surface area contributed by atoms with Crippen LogP contribution in [0.5, 0.6) is 0 Å². The summed E-state index contributed by atoms with van der Waals surface area (Å²) in [5.41, 5.74) is 0. The zero-order chi connectivity index (χ0) is 5.91. The van der Waals surface area contributed by atoms with Crippen molar-refractivity contribution in [2.75, 3.05) is 0 Å². The molecule has 0 aromatic carbocycles. The van der Waals surface area contributed by atoms with E-state index in [0.717, 1.165) is 0 Å². The third kappa shape index (κ3) is 6.65. The van der Waals surface area contributed by atoms with Crippen molar-refractivity contribution in [3.05, 3.63) is 0 Å². The Kier molecular flexibility index (Phi) is 3.11. The maximum absolute atomic E-state index is 9.57. The van der Waals surface area contributed by atoms with E-state index in [1.54, 1.807) is 0 Å². The molecule has 0 saturated heterocycles. The van der Waals surface area contributed by atoms with Crippen LogP contribution in [0.2, 0.25) is 0 Å². The molecule has 7 heavy (non-hydrogen) atoms. The number of hydrogen-bond donors (Lipinski definition) is 2. The van der Waals surface area contributed by atoms with E-state index in [9.17, 15) is 4.57 Å². The Hall–Kier alpha value is 0.654. The molecular formula is H2O5PV. The molecule has 0 atom stereocenters. The molecule has 2 N–H and O–H groups in total. The second-order valence-corrected chi connectivity index (χ2v) is 2.00. The first-order valence-corrected chi connectivity index (χ1v) is 3.21. The van der Waals surface area contributed by atoms with E-state index in [-0.39, 0.29) is 0 Å². The molecular weight excluding hydrogens is 162 g/mol. The van der Waals surface area contributed by atoms with Gasteiger partial charge in [-0.25, -0.2) is 0 Å². The summed E-state index contributed by atoms with van der Waals surface area (Å²) in [6, 6.07) is 0. The van der Waals surface area contributed by atoms with Gasteiger partial charge in [-0.15, -0.1) is 0 Å². The molecule has 0 bridgehead atoms. The van der Waals surface area contributed by atoms with Gasteiger partial charge in [0.05, 0.1) is 0 Å². The van der Waals surface area contributed by atoms with Gasteiger partial charge in [-0.1, -0.05) is 0 Å². The van der Waals surface area contributed by atoms with Crippen molar-refractivity contribution in [3.8, 4) is 0 Å². The van der Waals surface area contributed by atoms with Crippen molar-refractivity contribution in [2.24, 2.45) is 0 Å². The Morgan fingerprint density at radius 3 is 2.00 bits per heavy atom. The molecule has 0 aromatic heterocycles. The maximum atomic E-state index is 9.57. The molecule has 0 aromatic rings. The van der Waals surface area contributed by atoms with Crippen molar-refractivity contribution in [2.45, 2.75) is 0 Å². The summed E-state index contributed by atoms with van der Waals surface area (Å²) in [7, 11) is -4.40. The molecule has 0 spiro atoms. The van der Waals surface area contributed by atoms with Gasteiger partial charge in [-0.3, -0.25) is 0 Å². The van der Waals surface area contributed by atoms with Crippen molar-refractivity contribution >= 4 is 7.82 Å². The monoisotopic (exact) mass is 164 g/mol. The van der Waals surface area contributed by atoms with Gasteiger partial charge in [-0.2, -0.15) is 0 Å². The Morgan fingerprint density at radius 2 is 2.00 bits per heavy atom. The van der Waals surface area contributed by atoms with Gasteiger partial charge in [0.15, 0.2) is 0 Å². The molecule has 0 unspecified atom stereocenters. The van der Waals surface area contributed by atoms with Gasteiger partial charge < -0.3 is 0 Å². The van der Waals surface area contributed by atoms with Gasteiger partial charge in [0.25, 0.3) is 0 Å². The molecule has 42 valence electrons. The van der Waals surface area contributed by atoms with Crippen molar-refractivity contribution in [1.82, 2.24) is 0 Å². The van der Waals surface area contributed by atoms with Crippen LogP contribution in [0.15, 0.2) is 0 Å². The van der Waals surface area contributed by atoms with E-state index >= 15 is 0 Å². The van der Waals surface area contributed by atoms with Crippen LogP contribution in [0.3, 0.4) is 0 Å².